The van der Waals surface area contributed by atoms with Gasteiger partial charge in [0.1, 0.15) is 0 Å². The van der Waals surface area contributed by atoms with E-state index in [9.17, 15) is 0 Å². The summed E-state index contributed by atoms with van der Waals surface area (Å²) < 4.78 is 0. The second-order valence-electron chi connectivity index (χ2n) is 4.81. The van der Waals surface area contributed by atoms with E-state index in [1.807, 2.05) is 6.20 Å². The van der Waals surface area contributed by atoms with E-state index in [1.165, 1.54) is 20.3 Å². The molecule has 3 aromatic rings. The van der Waals surface area contributed by atoms with Gasteiger partial charge < -0.3 is 5.32 Å². The average molecular weight is 314 g/mol. The molecule has 2 heterocycles. The molecule has 1 aromatic carbocycles. The summed E-state index contributed by atoms with van der Waals surface area (Å²) in [6.07, 6.45) is 3.00. The van der Waals surface area contributed by atoms with E-state index in [1.54, 1.807) is 22.7 Å². The first kappa shape index (κ1) is 14.4. The summed E-state index contributed by atoms with van der Waals surface area (Å²) in [5.41, 5.74) is 1.31. The van der Waals surface area contributed by atoms with Gasteiger partial charge in [-0.3, -0.25) is 0 Å². The first-order chi connectivity index (χ1) is 10.4. The van der Waals surface area contributed by atoms with Crippen molar-refractivity contribution in [1.82, 2.24) is 10.3 Å². The zero-order valence-electron chi connectivity index (χ0n) is 12.0. The molecule has 0 aliphatic heterocycles. The van der Waals surface area contributed by atoms with Gasteiger partial charge in [-0.2, -0.15) is 0 Å². The van der Waals surface area contributed by atoms with Crippen LogP contribution in [0.5, 0.6) is 0 Å². The Morgan fingerprint density at radius 1 is 1.14 bits per heavy atom. The van der Waals surface area contributed by atoms with E-state index in [2.05, 4.69) is 65.1 Å². The molecule has 0 aliphatic carbocycles. The third-order valence-electron chi connectivity index (χ3n) is 3.34. The second-order valence-corrected chi connectivity index (χ2v) is 6.99. The molecule has 0 spiro atoms. The van der Waals surface area contributed by atoms with Gasteiger partial charge in [0, 0.05) is 22.5 Å². The molecule has 0 amide bonds. The number of hydrogen-bond donors (Lipinski definition) is 1. The minimum Gasteiger partial charge on any atom is -0.301 e. The van der Waals surface area contributed by atoms with Crippen LogP contribution in [0.2, 0.25) is 0 Å². The van der Waals surface area contributed by atoms with Crippen molar-refractivity contribution in [3.05, 3.63) is 74.4 Å². The molecule has 0 aliphatic rings. The van der Waals surface area contributed by atoms with Crippen LogP contribution in [0.1, 0.15) is 33.3 Å². The first-order valence-corrected chi connectivity index (χ1v) is 8.81. The van der Waals surface area contributed by atoms with Gasteiger partial charge in [0.2, 0.25) is 0 Å². The van der Waals surface area contributed by atoms with Gasteiger partial charge in [0.15, 0.2) is 0 Å². The molecule has 0 saturated carbocycles. The summed E-state index contributed by atoms with van der Waals surface area (Å²) in [6.45, 7) is 3.00. The fourth-order valence-electron chi connectivity index (χ4n) is 2.28. The lowest BCUT2D eigenvalue weighted by Gasteiger charge is -2.17. The van der Waals surface area contributed by atoms with Crippen molar-refractivity contribution >= 4 is 22.7 Å². The topological polar surface area (TPSA) is 24.9 Å². The number of aromatic nitrogens is 1. The molecule has 0 radical (unpaired) electrons. The lowest BCUT2D eigenvalue weighted by Crippen LogP contribution is -2.20. The number of hydrogen-bond acceptors (Lipinski definition) is 4. The zero-order valence-corrected chi connectivity index (χ0v) is 13.6. The van der Waals surface area contributed by atoms with E-state index < -0.39 is 0 Å². The van der Waals surface area contributed by atoms with Gasteiger partial charge in [0.05, 0.1) is 11.0 Å². The van der Waals surface area contributed by atoms with E-state index in [0.717, 1.165) is 13.0 Å². The summed E-state index contributed by atoms with van der Waals surface area (Å²) in [4.78, 5) is 7.07. The number of nitrogens with one attached hydrogen (secondary N) is 1. The number of thiazole rings is 1. The largest absolute Gasteiger partial charge is 0.301 e. The molecule has 21 heavy (non-hydrogen) atoms. The van der Waals surface area contributed by atoms with Crippen molar-refractivity contribution in [2.75, 3.05) is 0 Å². The van der Waals surface area contributed by atoms with E-state index in [-0.39, 0.29) is 6.04 Å². The van der Waals surface area contributed by atoms with Gasteiger partial charge in [0.25, 0.3) is 0 Å². The van der Waals surface area contributed by atoms with Crippen LogP contribution >= 0.6 is 22.7 Å². The van der Waals surface area contributed by atoms with E-state index >= 15 is 0 Å². The monoisotopic (exact) mass is 314 g/mol. The standard InChI is InChI=1S/C17H18N2S2/c1-2-16-18-11-14(21-16)12-19-17(15-9-6-10-20-15)13-7-4-3-5-8-13/h3-11,17,19H,2,12H2,1H3. The van der Waals surface area contributed by atoms with Crippen molar-refractivity contribution in [3.63, 3.8) is 0 Å². The van der Waals surface area contributed by atoms with Crippen LogP contribution in [-0.2, 0) is 13.0 Å². The van der Waals surface area contributed by atoms with Crippen LogP contribution in [0, 0.1) is 0 Å². The Bertz CT molecular complexity index is 659. The fraction of sp³-hybridized carbons (Fsp3) is 0.235. The van der Waals surface area contributed by atoms with Gasteiger partial charge in [-0.1, -0.05) is 43.3 Å². The number of nitrogens with zero attached hydrogens (tertiary/aromatic N) is 1. The molecule has 0 fully saturated rings. The summed E-state index contributed by atoms with van der Waals surface area (Å²) in [5.74, 6) is 0. The zero-order chi connectivity index (χ0) is 14.5. The third-order valence-corrected chi connectivity index (χ3v) is 5.42. The molecule has 108 valence electrons. The Hall–Kier alpha value is -1.49. The number of thiophene rings is 1. The third kappa shape index (κ3) is 3.59. The molecule has 4 heteroatoms. The van der Waals surface area contributed by atoms with Crippen LogP contribution < -0.4 is 5.32 Å². The molecular formula is C17H18N2S2. The molecule has 2 aromatic heterocycles. The maximum Gasteiger partial charge on any atom is 0.0925 e. The summed E-state index contributed by atoms with van der Waals surface area (Å²) in [5, 5.41) is 7.01. The van der Waals surface area contributed by atoms with Gasteiger partial charge >= 0.3 is 0 Å². The highest BCUT2D eigenvalue weighted by Gasteiger charge is 2.14. The van der Waals surface area contributed by atoms with Crippen LogP contribution in [0.4, 0.5) is 0 Å². The maximum atomic E-state index is 4.43. The van der Waals surface area contributed by atoms with Crippen LogP contribution in [0.15, 0.2) is 54.0 Å². The molecule has 2 nitrogen and oxygen atoms in total. The quantitative estimate of drug-likeness (QED) is 0.716. The van der Waals surface area contributed by atoms with Gasteiger partial charge in [-0.25, -0.2) is 4.98 Å². The Kier molecular flexibility index (Phi) is 4.80. The van der Waals surface area contributed by atoms with E-state index in [4.69, 9.17) is 0 Å². The van der Waals surface area contributed by atoms with Crippen LogP contribution in [0.3, 0.4) is 0 Å². The smallest absolute Gasteiger partial charge is 0.0925 e. The first-order valence-electron chi connectivity index (χ1n) is 7.12. The van der Waals surface area contributed by atoms with Crippen molar-refractivity contribution in [2.45, 2.75) is 25.9 Å². The second kappa shape index (κ2) is 6.98. The SMILES string of the molecule is CCc1ncc(CNC(c2ccccc2)c2cccs2)s1. The summed E-state index contributed by atoms with van der Waals surface area (Å²) in [6, 6.07) is 15.2. The molecule has 1 unspecified atom stereocenters. The van der Waals surface area contributed by atoms with Crippen molar-refractivity contribution in [2.24, 2.45) is 0 Å². The van der Waals surface area contributed by atoms with E-state index in [0.29, 0.717) is 0 Å². The van der Waals surface area contributed by atoms with Crippen LogP contribution in [0.25, 0.3) is 0 Å². The fourth-order valence-corrected chi connectivity index (χ4v) is 3.92. The molecular weight excluding hydrogens is 296 g/mol. The maximum absolute atomic E-state index is 4.43. The predicted octanol–water partition coefficient (Wildman–Crippen LogP) is 4.65. The predicted molar refractivity (Wildman–Crippen MR) is 90.9 cm³/mol. The average Bonchev–Trinajstić information content (AvgIpc) is 3.20. The van der Waals surface area contributed by atoms with Crippen molar-refractivity contribution in [1.29, 1.82) is 0 Å². The molecule has 1 N–H and O–H groups in total. The highest BCUT2D eigenvalue weighted by molar-refractivity contribution is 7.11. The lowest BCUT2D eigenvalue weighted by atomic mass is 10.1. The molecule has 0 bridgehead atoms. The van der Waals surface area contributed by atoms with Gasteiger partial charge in [-0.15, -0.1) is 22.7 Å². The lowest BCUT2D eigenvalue weighted by molar-refractivity contribution is 0.618. The van der Waals surface area contributed by atoms with Crippen molar-refractivity contribution in [3.8, 4) is 0 Å². The Morgan fingerprint density at radius 3 is 2.67 bits per heavy atom. The Morgan fingerprint density at radius 2 is 2.00 bits per heavy atom. The minimum absolute atomic E-state index is 0.248. The summed E-state index contributed by atoms with van der Waals surface area (Å²) in [7, 11) is 0. The highest BCUT2D eigenvalue weighted by atomic mass is 32.1. The van der Waals surface area contributed by atoms with Gasteiger partial charge in [-0.05, 0) is 23.4 Å². The normalized spacial score (nSPS) is 12.4. The van der Waals surface area contributed by atoms with Crippen LogP contribution in [-0.4, -0.2) is 4.98 Å². The number of benzene rings is 1. The summed E-state index contributed by atoms with van der Waals surface area (Å²) >= 11 is 3.59. The number of aryl methyl sites for hydroxylation is 1. The Labute approximate surface area is 133 Å². The molecule has 1 atom stereocenters. The van der Waals surface area contributed by atoms with Crippen molar-refractivity contribution < 1.29 is 0 Å². The Balaban J connectivity index is 1.77. The highest BCUT2D eigenvalue weighted by Crippen LogP contribution is 2.26. The molecule has 0 saturated heterocycles. The number of rotatable bonds is 6. The minimum atomic E-state index is 0.248. The molecule has 3 rings (SSSR count).